The maximum atomic E-state index is 5.62. The average Bonchev–Trinajstić information content (AvgIpc) is 2.70. The van der Waals surface area contributed by atoms with Gasteiger partial charge in [-0.2, -0.15) is 0 Å². The lowest BCUT2D eigenvalue weighted by Gasteiger charge is -2.45. The molecule has 1 saturated heterocycles. The first-order valence-electron chi connectivity index (χ1n) is 11.6. The highest BCUT2D eigenvalue weighted by Gasteiger charge is 2.37. The zero-order chi connectivity index (χ0) is 25.8. The van der Waals surface area contributed by atoms with Crippen molar-refractivity contribution in [1.29, 1.82) is 0 Å². The van der Waals surface area contributed by atoms with Crippen LogP contribution in [0.1, 0.15) is 51.9 Å². The number of ether oxygens (including phenoxy) is 2. The lowest BCUT2D eigenvalue weighted by molar-refractivity contribution is 0.164. The Morgan fingerprint density at radius 1 is 1.00 bits per heavy atom. The predicted molar refractivity (Wildman–Crippen MR) is 146 cm³/mol. The van der Waals surface area contributed by atoms with Crippen molar-refractivity contribution in [3.8, 4) is 11.5 Å². The van der Waals surface area contributed by atoms with Crippen LogP contribution < -0.4 is 30.7 Å². The Bertz CT molecular complexity index is 1060. The molecule has 0 aliphatic carbocycles. The van der Waals surface area contributed by atoms with E-state index in [-0.39, 0.29) is 17.1 Å². The van der Waals surface area contributed by atoms with E-state index < -0.39 is 0 Å². The van der Waals surface area contributed by atoms with Gasteiger partial charge in [-0.1, -0.05) is 0 Å². The van der Waals surface area contributed by atoms with Gasteiger partial charge < -0.3 is 25.4 Å². The molecular formula is C25H37N7O2S. The van der Waals surface area contributed by atoms with Crippen molar-refractivity contribution in [2.45, 2.75) is 71.5 Å². The lowest BCUT2D eigenvalue weighted by atomic mass is 9.80. The van der Waals surface area contributed by atoms with E-state index in [0.717, 1.165) is 24.2 Å². The Morgan fingerprint density at radius 3 is 2.20 bits per heavy atom. The summed E-state index contributed by atoms with van der Waals surface area (Å²) in [6.45, 7) is 12.7. The van der Waals surface area contributed by atoms with Crippen molar-refractivity contribution >= 4 is 34.9 Å². The summed E-state index contributed by atoms with van der Waals surface area (Å²) in [5, 5.41) is 13.7. The number of anilines is 2. The summed E-state index contributed by atoms with van der Waals surface area (Å²) in [7, 11) is 3.21. The highest BCUT2D eigenvalue weighted by molar-refractivity contribution is 7.80. The van der Waals surface area contributed by atoms with Gasteiger partial charge in [0.25, 0.3) is 0 Å². The van der Waals surface area contributed by atoms with Crippen molar-refractivity contribution < 1.29 is 9.47 Å². The number of nitrogens with one attached hydrogen (secondary N) is 4. The summed E-state index contributed by atoms with van der Waals surface area (Å²) in [5.41, 5.74) is 2.34. The minimum atomic E-state index is -0.0489. The largest absolute Gasteiger partial charge is 0.497 e. The maximum absolute atomic E-state index is 5.62. The fraction of sp³-hybridized carbons (Fsp3) is 0.520. The lowest BCUT2D eigenvalue weighted by Crippen LogP contribution is -2.59. The summed E-state index contributed by atoms with van der Waals surface area (Å²) in [4.78, 5) is 14.0. The molecule has 1 aliphatic rings. The number of benzene rings is 1. The topological polar surface area (TPSA) is 105 Å². The van der Waals surface area contributed by atoms with E-state index in [1.807, 2.05) is 32.0 Å². The molecule has 0 atom stereocenters. The third-order valence-electron chi connectivity index (χ3n) is 5.58. The number of aryl methyl sites for hydroxylation is 2. The second-order valence-electron chi connectivity index (χ2n) is 10.2. The summed E-state index contributed by atoms with van der Waals surface area (Å²) in [5.74, 6) is 2.25. The van der Waals surface area contributed by atoms with Gasteiger partial charge in [-0.05, 0) is 84.8 Å². The molecule has 35 heavy (non-hydrogen) atoms. The van der Waals surface area contributed by atoms with Crippen molar-refractivity contribution in [2.24, 2.45) is 4.99 Å². The third kappa shape index (κ3) is 7.76. The normalized spacial score (nSPS) is 17.4. The van der Waals surface area contributed by atoms with Crippen molar-refractivity contribution in [3.63, 3.8) is 0 Å². The van der Waals surface area contributed by atoms with Gasteiger partial charge in [0, 0.05) is 28.5 Å². The number of piperidine rings is 1. The number of rotatable bonds is 5. The Morgan fingerprint density at radius 2 is 1.63 bits per heavy atom. The summed E-state index contributed by atoms with van der Waals surface area (Å²) >= 11 is 5.62. The standard InChI is InChI=1S/C25H37N7O2S/c1-15-11-16(2)27-21(26-15)30-22(28-17-13-24(3,4)32-25(5,6)14-17)31-23(35)29-19-10-9-18(33-7)12-20(19)34-8/h9-12,17,32H,13-14H2,1-8H3,(H3,26,27,28,29,30,31,35). The molecule has 0 amide bonds. The molecule has 9 nitrogen and oxygen atoms in total. The molecule has 10 heteroatoms. The molecular weight excluding hydrogens is 462 g/mol. The van der Waals surface area contributed by atoms with Gasteiger partial charge in [0.05, 0.1) is 25.9 Å². The van der Waals surface area contributed by atoms with Crippen LogP contribution in [0.3, 0.4) is 0 Å². The molecule has 0 saturated carbocycles. The van der Waals surface area contributed by atoms with Gasteiger partial charge in [0.2, 0.25) is 11.9 Å². The molecule has 0 unspecified atom stereocenters. The van der Waals surface area contributed by atoms with Crippen LogP contribution >= 0.6 is 12.2 Å². The number of methoxy groups -OCH3 is 2. The van der Waals surface area contributed by atoms with Crippen LogP contribution in [0.2, 0.25) is 0 Å². The first-order chi connectivity index (χ1) is 16.4. The zero-order valence-electron chi connectivity index (χ0n) is 21.9. The summed E-state index contributed by atoms with van der Waals surface area (Å²) in [6, 6.07) is 7.47. The van der Waals surface area contributed by atoms with Gasteiger partial charge in [-0.3, -0.25) is 5.32 Å². The van der Waals surface area contributed by atoms with E-state index in [1.54, 1.807) is 20.3 Å². The molecule has 1 aliphatic heterocycles. The predicted octanol–water partition coefficient (Wildman–Crippen LogP) is 4.17. The zero-order valence-corrected chi connectivity index (χ0v) is 22.7. The number of aromatic nitrogens is 2. The maximum Gasteiger partial charge on any atom is 0.229 e. The average molecular weight is 500 g/mol. The molecule has 0 radical (unpaired) electrons. The number of nitrogens with zero attached hydrogens (tertiary/aromatic N) is 3. The Hall–Kier alpha value is -2.98. The Labute approximate surface area is 213 Å². The molecule has 1 aromatic carbocycles. The second-order valence-corrected chi connectivity index (χ2v) is 10.6. The van der Waals surface area contributed by atoms with E-state index in [1.165, 1.54) is 0 Å². The Kier molecular flexibility index (Phi) is 8.17. The van der Waals surface area contributed by atoms with E-state index in [9.17, 15) is 0 Å². The van der Waals surface area contributed by atoms with Crippen LogP contribution in [0.5, 0.6) is 11.5 Å². The van der Waals surface area contributed by atoms with Crippen LogP contribution in [0.15, 0.2) is 29.3 Å². The molecule has 2 heterocycles. The first-order valence-corrected chi connectivity index (χ1v) is 12.1. The first kappa shape index (κ1) is 26.6. The van der Waals surface area contributed by atoms with Crippen LogP contribution in [-0.4, -0.2) is 52.4 Å². The van der Waals surface area contributed by atoms with Gasteiger partial charge >= 0.3 is 0 Å². The van der Waals surface area contributed by atoms with Gasteiger partial charge in [-0.25, -0.2) is 15.0 Å². The fourth-order valence-electron chi connectivity index (χ4n) is 4.69. The number of thiocarbonyl (C=S) groups is 1. The van der Waals surface area contributed by atoms with Crippen molar-refractivity contribution in [2.75, 3.05) is 24.9 Å². The smallest absolute Gasteiger partial charge is 0.229 e. The molecule has 1 fully saturated rings. The minimum absolute atomic E-state index is 0.0489. The number of guanidine groups is 1. The second kappa shape index (κ2) is 10.7. The molecule has 3 rings (SSSR count). The summed E-state index contributed by atoms with van der Waals surface area (Å²) < 4.78 is 10.8. The monoisotopic (exact) mass is 499 g/mol. The van der Waals surface area contributed by atoms with E-state index >= 15 is 0 Å². The molecule has 1 aromatic heterocycles. The van der Waals surface area contributed by atoms with E-state index in [4.69, 9.17) is 26.7 Å². The van der Waals surface area contributed by atoms with Crippen LogP contribution in [0, 0.1) is 13.8 Å². The third-order valence-corrected chi connectivity index (χ3v) is 5.79. The number of hydrogen-bond acceptors (Lipinski definition) is 7. The fourth-order valence-corrected chi connectivity index (χ4v) is 4.90. The molecule has 2 aromatic rings. The summed E-state index contributed by atoms with van der Waals surface area (Å²) in [6.07, 6.45) is 1.76. The van der Waals surface area contributed by atoms with Crippen LogP contribution in [-0.2, 0) is 0 Å². The molecule has 190 valence electrons. The van der Waals surface area contributed by atoms with Gasteiger partial charge in [0.1, 0.15) is 11.5 Å². The number of hydrogen-bond donors (Lipinski definition) is 4. The van der Waals surface area contributed by atoms with Crippen LogP contribution in [0.25, 0.3) is 0 Å². The van der Waals surface area contributed by atoms with Gasteiger partial charge in [0.15, 0.2) is 5.11 Å². The SMILES string of the molecule is COc1ccc(NC(=S)NC(=NC2CC(C)(C)NC(C)(C)C2)Nc2nc(C)cc(C)n2)c(OC)c1. The van der Waals surface area contributed by atoms with E-state index in [2.05, 4.69) is 58.9 Å². The molecule has 4 N–H and O–H groups in total. The van der Waals surface area contributed by atoms with Gasteiger partial charge in [-0.15, -0.1) is 0 Å². The van der Waals surface area contributed by atoms with Crippen molar-refractivity contribution in [3.05, 3.63) is 35.7 Å². The quantitative estimate of drug-likeness (QED) is 0.274. The van der Waals surface area contributed by atoms with Crippen LogP contribution in [0.4, 0.5) is 11.6 Å². The Balaban J connectivity index is 1.86. The highest BCUT2D eigenvalue weighted by Crippen LogP contribution is 2.31. The van der Waals surface area contributed by atoms with Crippen molar-refractivity contribution in [1.82, 2.24) is 20.6 Å². The highest BCUT2D eigenvalue weighted by atomic mass is 32.1. The minimum Gasteiger partial charge on any atom is -0.497 e. The van der Waals surface area contributed by atoms with E-state index in [0.29, 0.717) is 34.2 Å². The molecule has 0 bridgehead atoms. The molecule has 0 spiro atoms. The number of aliphatic imine (C=N–C) groups is 1.